The van der Waals surface area contributed by atoms with Crippen molar-refractivity contribution in [1.82, 2.24) is 9.97 Å². The molecule has 0 radical (unpaired) electrons. The number of rotatable bonds is 3. The van der Waals surface area contributed by atoms with Gasteiger partial charge in [-0.15, -0.1) is 11.3 Å². The first-order valence-electron chi connectivity index (χ1n) is 11.7. The van der Waals surface area contributed by atoms with Gasteiger partial charge in [-0.05, 0) is 23.3 Å². The topological polar surface area (TPSA) is 25.8 Å². The maximum absolute atomic E-state index is 5.12. The first kappa shape index (κ1) is 20.1. The van der Waals surface area contributed by atoms with Gasteiger partial charge in [0, 0.05) is 32.0 Å². The molecule has 0 aliphatic carbocycles. The van der Waals surface area contributed by atoms with Crippen LogP contribution in [0.3, 0.4) is 0 Å². The second kappa shape index (κ2) is 8.15. The molecule has 0 unspecified atom stereocenters. The van der Waals surface area contributed by atoms with Crippen molar-refractivity contribution in [2.45, 2.75) is 0 Å². The Morgan fingerprint density at radius 1 is 0.429 bits per heavy atom. The van der Waals surface area contributed by atoms with E-state index in [-0.39, 0.29) is 0 Å². The molecule has 0 bridgehead atoms. The van der Waals surface area contributed by atoms with Crippen LogP contribution < -0.4 is 0 Å². The third-order valence-electron chi connectivity index (χ3n) is 6.51. The number of thiophene rings is 1. The molecule has 2 aromatic heterocycles. The molecule has 164 valence electrons. The summed E-state index contributed by atoms with van der Waals surface area (Å²) in [7, 11) is 0. The first-order chi connectivity index (χ1) is 17.3. The highest BCUT2D eigenvalue weighted by molar-refractivity contribution is 7.26. The third kappa shape index (κ3) is 3.40. The summed E-state index contributed by atoms with van der Waals surface area (Å²) in [5, 5.41) is 3.61. The molecule has 7 aromatic rings. The molecule has 35 heavy (non-hydrogen) atoms. The molecule has 0 amide bonds. The average Bonchev–Trinajstić information content (AvgIpc) is 3.33. The van der Waals surface area contributed by atoms with Crippen molar-refractivity contribution in [3.63, 3.8) is 0 Å². The Bertz CT molecular complexity index is 1820. The van der Waals surface area contributed by atoms with Crippen LogP contribution >= 0.6 is 11.3 Å². The van der Waals surface area contributed by atoms with Crippen LogP contribution in [-0.4, -0.2) is 9.97 Å². The van der Waals surface area contributed by atoms with Crippen molar-refractivity contribution in [2.75, 3.05) is 0 Å². The van der Waals surface area contributed by atoms with Gasteiger partial charge >= 0.3 is 0 Å². The van der Waals surface area contributed by atoms with Crippen LogP contribution in [0.1, 0.15) is 0 Å². The van der Waals surface area contributed by atoms with E-state index in [4.69, 9.17) is 9.97 Å². The van der Waals surface area contributed by atoms with Crippen LogP contribution in [0.2, 0.25) is 0 Å². The fourth-order valence-corrected chi connectivity index (χ4v) is 5.96. The molecule has 0 N–H and O–H groups in total. The zero-order valence-electron chi connectivity index (χ0n) is 18.8. The Kier molecular flexibility index (Phi) is 4.68. The van der Waals surface area contributed by atoms with Crippen LogP contribution in [0.15, 0.2) is 121 Å². The van der Waals surface area contributed by atoms with Gasteiger partial charge < -0.3 is 0 Å². The molecule has 3 heteroatoms. The summed E-state index contributed by atoms with van der Waals surface area (Å²) in [6, 6.07) is 42.4. The lowest BCUT2D eigenvalue weighted by atomic mass is 10.00. The maximum atomic E-state index is 5.12. The van der Waals surface area contributed by atoms with Crippen LogP contribution in [0.5, 0.6) is 0 Å². The standard InChI is InChI=1S/C32H20N2S/c1-3-9-21(10-4-1)22-15-17-23(18-16-22)29-27-20-19-26-25-13-7-8-14-28(25)35-31(26)30(27)34-32(33-29)24-11-5-2-6-12-24/h1-20H. The Morgan fingerprint density at radius 3 is 1.80 bits per heavy atom. The van der Waals surface area contributed by atoms with Crippen molar-refractivity contribution >= 4 is 42.4 Å². The van der Waals surface area contributed by atoms with E-state index in [2.05, 4.69) is 97.1 Å². The molecular formula is C32H20N2S. The van der Waals surface area contributed by atoms with Crippen molar-refractivity contribution in [1.29, 1.82) is 0 Å². The van der Waals surface area contributed by atoms with E-state index >= 15 is 0 Å². The molecule has 0 atom stereocenters. The van der Waals surface area contributed by atoms with Gasteiger partial charge in [-0.3, -0.25) is 0 Å². The van der Waals surface area contributed by atoms with E-state index in [1.54, 1.807) is 0 Å². The molecule has 0 saturated carbocycles. The quantitative estimate of drug-likeness (QED) is 0.261. The van der Waals surface area contributed by atoms with Crippen LogP contribution in [0.25, 0.3) is 64.8 Å². The second-order valence-electron chi connectivity index (χ2n) is 8.64. The lowest BCUT2D eigenvalue weighted by Gasteiger charge is -2.11. The van der Waals surface area contributed by atoms with Crippen molar-refractivity contribution in [2.24, 2.45) is 0 Å². The highest BCUT2D eigenvalue weighted by atomic mass is 32.1. The normalized spacial score (nSPS) is 11.4. The van der Waals surface area contributed by atoms with Gasteiger partial charge in [0.15, 0.2) is 5.82 Å². The zero-order valence-corrected chi connectivity index (χ0v) is 19.7. The van der Waals surface area contributed by atoms with Crippen LogP contribution in [-0.2, 0) is 0 Å². The highest BCUT2D eigenvalue weighted by Crippen LogP contribution is 2.40. The molecule has 2 nitrogen and oxygen atoms in total. The van der Waals surface area contributed by atoms with Gasteiger partial charge in [0.2, 0.25) is 0 Å². The molecule has 5 aromatic carbocycles. The number of nitrogens with zero attached hydrogens (tertiary/aromatic N) is 2. The summed E-state index contributed by atoms with van der Waals surface area (Å²) < 4.78 is 2.49. The number of hydrogen-bond donors (Lipinski definition) is 0. The number of benzene rings is 5. The smallest absolute Gasteiger partial charge is 0.160 e. The van der Waals surface area contributed by atoms with Gasteiger partial charge in [0.05, 0.1) is 15.9 Å². The number of hydrogen-bond acceptors (Lipinski definition) is 3. The van der Waals surface area contributed by atoms with Gasteiger partial charge in [-0.1, -0.05) is 109 Å². The Hall–Kier alpha value is -4.34. The molecule has 0 aliphatic rings. The number of fused-ring (bicyclic) bond motifs is 5. The Balaban J connectivity index is 1.50. The van der Waals surface area contributed by atoms with Gasteiger partial charge in [-0.2, -0.15) is 0 Å². The highest BCUT2D eigenvalue weighted by Gasteiger charge is 2.16. The predicted molar refractivity (Wildman–Crippen MR) is 149 cm³/mol. The monoisotopic (exact) mass is 464 g/mol. The van der Waals surface area contributed by atoms with Crippen LogP contribution in [0, 0.1) is 0 Å². The largest absolute Gasteiger partial charge is 0.227 e. The van der Waals surface area contributed by atoms with E-state index < -0.39 is 0 Å². The fraction of sp³-hybridized carbons (Fsp3) is 0. The van der Waals surface area contributed by atoms with E-state index in [0.717, 1.165) is 33.5 Å². The van der Waals surface area contributed by atoms with Crippen LogP contribution in [0.4, 0.5) is 0 Å². The van der Waals surface area contributed by atoms with E-state index in [1.807, 2.05) is 35.6 Å². The van der Waals surface area contributed by atoms with Crippen molar-refractivity contribution in [3.05, 3.63) is 121 Å². The molecule has 0 fully saturated rings. The molecule has 7 rings (SSSR count). The Labute approximate surface area is 207 Å². The molecule has 0 aliphatic heterocycles. The van der Waals surface area contributed by atoms with Crippen molar-refractivity contribution < 1.29 is 0 Å². The van der Waals surface area contributed by atoms with E-state index in [9.17, 15) is 0 Å². The van der Waals surface area contributed by atoms with Gasteiger partial charge in [0.25, 0.3) is 0 Å². The lowest BCUT2D eigenvalue weighted by Crippen LogP contribution is -1.95. The molecule has 0 saturated heterocycles. The average molecular weight is 465 g/mol. The van der Waals surface area contributed by atoms with E-state index in [1.165, 1.54) is 31.3 Å². The van der Waals surface area contributed by atoms with E-state index in [0.29, 0.717) is 0 Å². The predicted octanol–water partition coefficient (Wildman–Crippen LogP) is 9.00. The fourth-order valence-electron chi connectivity index (χ4n) is 4.76. The molecule has 0 spiro atoms. The summed E-state index contributed by atoms with van der Waals surface area (Å²) in [6.07, 6.45) is 0. The minimum atomic E-state index is 0.755. The maximum Gasteiger partial charge on any atom is 0.160 e. The summed E-state index contributed by atoms with van der Waals surface area (Å²) in [5.41, 5.74) is 6.50. The first-order valence-corrected chi connectivity index (χ1v) is 12.5. The molecule has 2 heterocycles. The number of aromatic nitrogens is 2. The SMILES string of the molecule is c1ccc(-c2ccc(-c3nc(-c4ccccc4)nc4c3ccc3c5ccccc5sc34)cc2)cc1. The summed E-state index contributed by atoms with van der Waals surface area (Å²) >= 11 is 1.81. The summed E-state index contributed by atoms with van der Waals surface area (Å²) in [5.74, 6) is 0.755. The second-order valence-corrected chi connectivity index (χ2v) is 9.69. The van der Waals surface area contributed by atoms with Gasteiger partial charge in [-0.25, -0.2) is 9.97 Å². The summed E-state index contributed by atoms with van der Waals surface area (Å²) in [4.78, 5) is 10.2. The Morgan fingerprint density at radius 2 is 1.03 bits per heavy atom. The lowest BCUT2D eigenvalue weighted by molar-refractivity contribution is 1.23. The zero-order chi connectivity index (χ0) is 23.2. The molecular weight excluding hydrogens is 444 g/mol. The minimum absolute atomic E-state index is 0.755. The summed E-state index contributed by atoms with van der Waals surface area (Å²) in [6.45, 7) is 0. The third-order valence-corrected chi connectivity index (χ3v) is 7.70. The minimum Gasteiger partial charge on any atom is -0.227 e. The van der Waals surface area contributed by atoms with Crippen molar-refractivity contribution in [3.8, 4) is 33.8 Å². The van der Waals surface area contributed by atoms with Gasteiger partial charge in [0.1, 0.15) is 0 Å².